The van der Waals surface area contributed by atoms with Gasteiger partial charge in [-0.1, -0.05) is 26.2 Å². The summed E-state index contributed by atoms with van der Waals surface area (Å²) >= 11 is 0. The zero-order valence-corrected chi connectivity index (χ0v) is 6.27. The Morgan fingerprint density at radius 3 is 2.44 bits per heavy atom. The molecule has 0 radical (unpaired) electrons. The van der Waals surface area contributed by atoms with Gasteiger partial charge in [-0.3, -0.25) is 0 Å². The van der Waals surface area contributed by atoms with Gasteiger partial charge < -0.3 is 5.73 Å². The molecule has 0 aliphatic heterocycles. The lowest BCUT2D eigenvalue weighted by atomic mass is 9.81. The van der Waals surface area contributed by atoms with Crippen molar-refractivity contribution < 1.29 is 0 Å². The van der Waals surface area contributed by atoms with E-state index in [1.807, 2.05) is 0 Å². The second kappa shape index (κ2) is 3.21. The maximum Gasteiger partial charge on any atom is -0.00463 e. The predicted molar refractivity (Wildman–Crippen MR) is 40.2 cm³/mol. The van der Waals surface area contributed by atoms with Crippen molar-refractivity contribution in [1.82, 2.24) is 0 Å². The van der Waals surface area contributed by atoms with E-state index in [2.05, 4.69) is 6.92 Å². The summed E-state index contributed by atoms with van der Waals surface area (Å²) in [4.78, 5) is 0. The third-order valence-electron chi connectivity index (χ3n) is 2.59. The zero-order valence-electron chi connectivity index (χ0n) is 6.27. The van der Waals surface area contributed by atoms with E-state index in [0.29, 0.717) is 0 Å². The molecule has 0 aromatic rings. The second-order valence-electron chi connectivity index (χ2n) is 3.26. The standard InChI is InChI=1S/C8H17N/c1-7-4-2-3-5-8(7)6-9/h7-8H,2-6,9H2,1H3/t7-,8?/m0/s1. The predicted octanol–water partition coefficient (Wildman–Crippen LogP) is 1.77. The highest BCUT2D eigenvalue weighted by Gasteiger charge is 2.18. The molecule has 0 saturated heterocycles. The zero-order chi connectivity index (χ0) is 6.69. The molecule has 0 aromatic carbocycles. The third-order valence-corrected chi connectivity index (χ3v) is 2.59. The van der Waals surface area contributed by atoms with Gasteiger partial charge in [-0.2, -0.15) is 0 Å². The normalized spacial score (nSPS) is 36.7. The summed E-state index contributed by atoms with van der Waals surface area (Å²) in [7, 11) is 0. The van der Waals surface area contributed by atoms with Crippen molar-refractivity contribution >= 4 is 0 Å². The largest absolute Gasteiger partial charge is 0.330 e. The average molecular weight is 127 g/mol. The van der Waals surface area contributed by atoms with Crippen LogP contribution in [0.25, 0.3) is 0 Å². The molecule has 2 N–H and O–H groups in total. The summed E-state index contributed by atoms with van der Waals surface area (Å²) in [6.45, 7) is 3.23. The fraction of sp³-hybridized carbons (Fsp3) is 1.00. The first-order valence-electron chi connectivity index (χ1n) is 4.04. The van der Waals surface area contributed by atoms with Crippen LogP contribution >= 0.6 is 0 Å². The van der Waals surface area contributed by atoms with Crippen molar-refractivity contribution in [3.63, 3.8) is 0 Å². The van der Waals surface area contributed by atoms with Crippen molar-refractivity contribution in [2.75, 3.05) is 6.54 Å². The Hall–Kier alpha value is -0.0400. The van der Waals surface area contributed by atoms with Crippen LogP contribution in [0.1, 0.15) is 32.6 Å². The van der Waals surface area contributed by atoms with Crippen molar-refractivity contribution in [2.45, 2.75) is 32.6 Å². The Labute approximate surface area is 57.6 Å². The SMILES string of the molecule is C[C@H]1CCCCC1CN. The molecule has 9 heavy (non-hydrogen) atoms. The summed E-state index contributed by atoms with van der Waals surface area (Å²) in [5.41, 5.74) is 5.59. The first-order valence-corrected chi connectivity index (χ1v) is 4.04. The minimum absolute atomic E-state index is 0.832. The summed E-state index contributed by atoms with van der Waals surface area (Å²) in [5, 5.41) is 0. The summed E-state index contributed by atoms with van der Waals surface area (Å²) in [5.74, 6) is 1.72. The van der Waals surface area contributed by atoms with Crippen LogP contribution in [0, 0.1) is 11.8 Å². The molecular formula is C8H17N. The maximum absolute atomic E-state index is 5.59. The van der Waals surface area contributed by atoms with Crippen LogP contribution in [-0.2, 0) is 0 Å². The van der Waals surface area contributed by atoms with Crippen LogP contribution < -0.4 is 5.73 Å². The first kappa shape index (κ1) is 7.07. The van der Waals surface area contributed by atoms with Gasteiger partial charge in [-0.15, -0.1) is 0 Å². The lowest BCUT2D eigenvalue weighted by Crippen LogP contribution is -2.24. The lowest BCUT2D eigenvalue weighted by Gasteiger charge is -2.27. The maximum atomic E-state index is 5.59. The molecule has 0 heterocycles. The molecule has 1 nitrogen and oxygen atoms in total. The van der Waals surface area contributed by atoms with Crippen LogP contribution in [0.15, 0.2) is 0 Å². The van der Waals surface area contributed by atoms with Gasteiger partial charge in [0.2, 0.25) is 0 Å². The Balaban J connectivity index is 2.30. The van der Waals surface area contributed by atoms with E-state index in [1.54, 1.807) is 0 Å². The van der Waals surface area contributed by atoms with Crippen LogP contribution in [0.5, 0.6) is 0 Å². The van der Waals surface area contributed by atoms with E-state index >= 15 is 0 Å². The molecule has 1 rings (SSSR count). The fourth-order valence-electron chi connectivity index (χ4n) is 1.74. The van der Waals surface area contributed by atoms with Crippen molar-refractivity contribution in [3.05, 3.63) is 0 Å². The number of rotatable bonds is 1. The molecule has 1 saturated carbocycles. The van der Waals surface area contributed by atoms with Gasteiger partial charge in [0.05, 0.1) is 0 Å². The van der Waals surface area contributed by atoms with E-state index in [4.69, 9.17) is 5.73 Å². The van der Waals surface area contributed by atoms with E-state index in [0.717, 1.165) is 18.4 Å². The van der Waals surface area contributed by atoms with Gasteiger partial charge in [-0.25, -0.2) is 0 Å². The minimum Gasteiger partial charge on any atom is -0.330 e. The second-order valence-corrected chi connectivity index (χ2v) is 3.26. The van der Waals surface area contributed by atoms with E-state index in [9.17, 15) is 0 Å². The molecule has 1 heteroatoms. The van der Waals surface area contributed by atoms with Gasteiger partial charge in [0.25, 0.3) is 0 Å². The van der Waals surface area contributed by atoms with Crippen molar-refractivity contribution in [2.24, 2.45) is 17.6 Å². The van der Waals surface area contributed by atoms with Gasteiger partial charge >= 0.3 is 0 Å². The highest BCUT2D eigenvalue weighted by molar-refractivity contribution is 4.72. The first-order chi connectivity index (χ1) is 4.34. The Morgan fingerprint density at radius 2 is 2.00 bits per heavy atom. The van der Waals surface area contributed by atoms with Crippen LogP contribution in [0.4, 0.5) is 0 Å². The number of nitrogens with two attached hydrogens (primary N) is 1. The van der Waals surface area contributed by atoms with Gasteiger partial charge in [-0.05, 0) is 24.8 Å². The van der Waals surface area contributed by atoms with Crippen molar-refractivity contribution in [1.29, 1.82) is 0 Å². The molecule has 0 amide bonds. The van der Waals surface area contributed by atoms with Crippen LogP contribution in [-0.4, -0.2) is 6.54 Å². The lowest BCUT2D eigenvalue weighted by molar-refractivity contribution is 0.263. The Kier molecular flexibility index (Phi) is 2.52. The van der Waals surface area contributed by atoms with E-state index in [-0.39, 0.29) is 0 Å². The average Bonchev–Trinajstić information content (AvgIpc) is 1.89. The highest BCUT2D eigenvalue weighted by Crippen LogP contribution is 2.28. The number of hydrogen-bond acceptors (Lipinski definition) is 1. The third kappa shape index (κ3) is 1.68. The monoisotopic (exact) mass is 127 g/mol. The Morgan fingerprint density at radius 1 is 1.33 bits per heavy atom. The molecule has 0 bridgehead atoms. The van der Waals surface area contributed by atoms with Crippen LogP contribution in [0.2, 0.25) is 0 Å². The molecule has 1 fully saturated rings. The molecule has 0 spiro atoms. The summed E-state index contributed by atoms with van der Waals surface area (Å²) in [6.07, 6.45) is 5.61. The molecule has 1 aliphatic rings. The van der Waals surface area contributed by atoms with Crippen molar-refractivity contribution in [3.8, 4) is 0 Å². The fourth-order valence-corrected chi connectivity index (χ4v) is 1.74. The molecule has 1 unspecified atom stereocenters. The quantitative estimate of drug-likeness (QED) is 0.570. The van der Waals surface area contributed by atoms with E-state index < -0.39 is 0 Å². The molecule has 54 valence electrons. The smallest absolute Gasteiger partial charge is 0.00463 e. The molecular weight excluding hydrogens is 110 g/mol. The summed E-state index contributed by atoms with van der Waals surface area (Å²) < 4.78 is 0. The highest BCUT2D eigenvalue weighted by atomic mass is 14.6. The molecule has 0 aromatic heterocycles. The Bertz CT molecular complexity index is 80.6. The van der Waals surface area contributed by atoms with E-state index in [1.165, 1.54) is 25.7 Å². The topological polar surface area (TPSA) is 26.0 Å². The molecule has 2 atom stereocenters. The van der Waals surface area contributed by atoms with Gasteiger partial charge in [0, 0.05) is 0 Å². The van der Waals surface area contributed by atoms with Gasteiger partial charge in [0.15, 0.2) is 0 Å². The van der Waals surface area contributed by atoms with Gasteiger partial charge in [0.1, 0.15) is 0 Å². The summed E-state index contributed by atoms with van der Waals surface area (Å²) in [6, 6.07) is 0. The van der Waals surface area contributed by atoms with Crippen LogP contribution in [0.3, 0.4) is 0 Å². The number of hydrogen-bond donors (Lipinski definition) is 1. The molecule has 1 aliphatic carbocycles. The minimum atomic E-state index is 0.832.